The van der Waals surface area contributed by atoms with Crippen molar-refractivity contribution >= 4 is 109 Å². The predicted octanol–water partition coefficient (Wildman–Crippen LogP) is 18.5. The number of rotatable bonds is 8. The van der Waals surface area contributed by atoms with Gasteiger partial charge in [-0.15, -0.1) is 11.3 Å². The summed E-state index contributed by atoms with van der Waals surface area (Å²) < 4.78 is 9.27. The summed E-state index contributed by atoms with van der Waals surface area (Å²) in [7, 11) is 0. The van der Waals surface area contributed by atoms with E-state index in [2.05, 4.69) is 246 Å². The normalized spacial score (nSPS) is 11.6. The minimum Gasteiger partial charge on any atom is -0.454 e. The van der Waals surface area contributed by atoms with Gasteiger partial charge in [0.15, 0.2) is 5.58 Å². The molecule has 11 aromatic carbocycles. The van der Waals surface area contributed by atoms with Gasteiger partial charge in [-0.3, -0.25) is 0 Å². The summed E-state index contributed by atoms with van der Waals surface area (Å²) in [5.74, 6) is 0. The fraction of sp³-hybridized carbons (Fsp3) is 0. The third-order valence-electron chi connectivity index (χ3n) is 13.0. The highest BCUT2D eigenvalue weighted by molar-refractivity contribution is 7.27. The van der Waals surface area contributed by atoms with E-state index in [-0.39, 0.29) is 0 Å². The maximum absolute atomic E-state index is 6.68. The number of furan rings is 1. The molecular weight excluding hydrogens is 821 g/mol. The molecule has 13 rings (SSSR count). The molecule has 0 fully saturated rings. The molecule has 0 radical (unpaired) electrons. The van der Waals surface area contributed by atoms with Gasteiger partial charge in [-0.2, -0.15) is 0 Å². The van der Waals surface area contributed by atoms with Crippen LogP contribution in [0.2, 0.25) is 0 Å². The number of anilines is 6. The zero-order valence-corrected chi connectivity index (χ0v) is 36.6. The third kappa shape index (κ3) is 6.26. The molecule has 0 aliphatic rings. The Morgan fingerprint density at radius 1 is 0.318 bits per heavy atom. The molecule has 2 heterocycles. The molecule has 0 amide bonds. The number of thiophene rings is 1. The molecule has 0 unspecified atom stereocenters. The molecule has 2 aromatic heterocycles. The fourth-order valence-electron chi connectivity index (χ4n) is 10.0. The van der Waals surface area contributed by atoms with E-state index in [4.69, 9.17) is 4.42 Å². The molecule has 0 bridgehead atoms. The number of fused-ring (bicyclic) bond motifs is 11. The topological polar surface area (TPSA) is 19.6 Å². The first-order chi connectivity index (χ1) is 32.7. The Morgan fingerprint density at radius 2 is 0.894 bits per heavy atom. The maximum atomic E-state index is 6.68. The van der Waals surface area contributed by atoms with E-state index < -0.39 is 0 Å². The summed E-state index contributed by atoms with van der Waals surface area (Å²) >= 11 is 1.89. The molecule has 310 valence electrons. The van der Waals surface area contributed by atoms with E-state index >= 15 is 0 Å². The SMILES string of the molecule is c1ccc(-c2ccccc2N(c2ccc(-c3ccc4c(c3)sc3c5ccc(N(c6ccccc6)c6ccccc6)cc5c5ccccc5c43)cc2)c2cccc3c2oc2ccccc23)cc1. The van der Waals surface area contributed by atoms with Crippen LogP contribution >= 0.6 is 11.3 Å². The van der Waals surface area contributed by atoms with Crippen molar-refractivity contribution in [2.45, 2.75) is 0 Å². The maximum Gasteiger partial charge on any atom is 0.159 e. The van der Waals surface area contributed by atoms with Crippen LogP contribution in [-0.4, -0.2) is 0 Å². The van der Waals surface area contributed by atoms with Crippen molar-refractivity contribution in [1.29, 1.82) is 0 Å². The van der Waals surface area contributed by atoms with Gasteiger partial charge in [0.2, 0.25) is 0 Å². The van der Waals surface area contributed by atoms with E-state index in [1.807, 2.05) is 17.4 Å². The minimum absolute atomic E-state index is 0.863. The van der Waals surface area contributed by atoms with Gasteiger partial charge in [0, 0.05) is 64.6 Å². The van der Waals surface area contributed by atoms with Gasteiger partial charge in [-0.25, -0.2) is 0 Å². The second kappa shape index (κ2) is 15.7. The average molecular weight is 861 g/mol. The molecule has 4 heteroatoms. The molecular formula is C62H40N2OS. The van der Waals surface area contributed by atoms with Crippen LogP contribution in [-0.2, 0) is 0 Å². The van der Waals surface area contributed by atoms with Crippen LogP contribution in [0.4, 0.5) is 34.1 Å². The van der Waals surface area contributed by atoms with Crippen LogP contribution in [0.3, 0.4) is 0 Å². The first-order valence-corrected chi connectivity index (χ1v) is 23.2. The highest BCUT2D eigenvalue weighted by atomic mass is 32.1. The van der Waals surface area contributed by atoms with E-state index in [1.54, 1.807) is 0 Å². The molecule has 0 saturated carbocycles. The first kappa shape index (κ1) is 38.1. The van der Waals surface area contributed by atoms with Crippen LogP contribution < -0.4 is 9.80 Å². The second-order valence-electron chi connectivity index (χ2n) is 16.8. The van der Waals surface area contributed by atoms with E-state index in [0.29, 0.717) is 0 Å². The van der Waals surface area contributed by atoms with Gasteiger partial charge in [-0.1, -0.05) is 170 Å². The first-order valence-electron chi connectivity index (χ1n) is 22.4. The summed E-state index contributed by atoms with van der Waals surface area (Å²) in [5.41, 5.74) is 12.9. The molecule has 0 aliphatic heterocycles. The second-order valence-corrected chi connectivity index (χ2v) is 17.9. The van der Waals surface area contributed by atoms with Crippen LogP contribution in [0.25, 0.3) is 85.9 Å². The van der Waals surface area contributed by atoms with Crippen molar-refractivity contribution in [1.82, 2.24) is 0 Å². The Kier molecular flexibility index (Phi) is 9.03. The number of para-hydroxylation sites is 5. The van der Waals surface area contributed by atoms with Crippen LogP contribution in [0.5, 0.6) is 0 Å². The lowest BCUT2D eigenvalue weighted by molar-refractivity contribution is 0.669. The largest absolute Gasteiger partial charge is 0.454 e. The number of nitrogens with zero attached hydrogens (tertiary/aromatic N) is 2. The lowest BCUT2D eigenvalue weighted by atomic mass is 9.95. The number of benzene rings is 11. The van der Waals surface area contributed by atoms with Crippen LogP contribution in [0.1, 0.15) is 0 Å². The number of hydrogen-bond acceptors (Lipinski definition) is 4. The van der Waals surface area contributed by atoms with E-state index in [0.717, 1.165) is 72.8 Å². The summed E-state index contributed by atoms with van der Waals surface area (Å²) in [6.07, 6.45) is 0. The lowest BCUT2D eigenvalue weighted by Gasteiger charge is -2.28. The Bertz CT molecular complexity index is 3890. The zero-order valence-electron chi connectivity index (χ0n) is 35.8. The fourth-order valence-corrected chi connectivity index (χ4v) is 11.3. The highest BCUT2D eigenvalue weighted by Gasteiger charge is 2.23. The zero-order chi connectivity index (χ0) is 43.6. The van der Waals surface area contributed by atoms with Crippen molar-refractivity contribution in [2.24, 2.45) is 0 Å². The quantitative estimate of drug-likeness (QED) is 0.142. The van der Waals surface area contributed by atoms with E-state index in [9.17, 15) is 0 Å². The summed E-state index contributed by atoms with van der Waals surface area (Å²) in [5, 5.41) is 9.89. The predicted molar refractivity (Wildman–Crippen MR) is 282 cm³/mol. The summed E-state index contributed by atoms with van der Waals surface area (Å²) in [4.78, 5) is 4.70. The van der Waals surface area contributed by atoms with Crippen molar-refractivity contribution < 1.29 is 4.42 Å². The smallest absolute Gasteiger partial charge is 0.159 e. The standard InChI is InChI=1S/C62H40N2OS/c1-4-17-42(18-5-1)48-23-12-14-28-56(48)64(57-29-16-27-52-50-25-13-15-30-58(50)65-61(52)57)46-34-31-41(32-35-46)43-33-37-54-59(39-43)66-62-53-38-36-47(40-55(53)49-24-10-11-26-51(49)60(54)62)63(44-19-6-2-7-20-44)45-21-8-3-9-22-45/h1-40H. The van der Waals surface area contributed by atoms with Crippen LogP contribution in [0, 0.1) is 0 Å². The highest BCUT2D eigenvalue weighted by Crippen LogP contribution is 2.48. The molecule has 0 saturated heterocycles. The molecule has 0 aliphatic carbocycles. The summed E-state index contributed by atoms with van der Waals surface area (Å²) in [6, 6.07) is 87.3. The minimum atomic E-state index is 0.863. The Balaban J connectivity index is 0.936. The molecule has 13 aromatic rings. The molecule has 0 spiro atoms. The van der Waals surface area contributed by atoms with Crippen molar-refractivity contribution in [3.63, 3.8) is 0 Å². The Morgan fingerprint density at radius 3 is 1.67 bits per heavy atom. The molecule has 3 nitrogen and oxygen atoms in total. The van der Waals surface area contributed by atoms with Crippen molar-refractivity contribution in [2.75, 3.05) is 9.80 Å². The van der Waals surface area contributed by atoms with Gasteiger partial charge in [0.05, 0.1) is 11.4 Å². The van der Waals surface area contributed by atoms with Gasteiger partial charge < -0.3 is 14.2 Å². The number of hydrogen-bond donors (Lipinski definition) is 0. The van der Waals surface area contributed by atoms with E-state index in [1.165, 1.54) is 47.3 Å². The lowest BCUT2D eigenvalue weighted by Crippen LogP contribution is -2.11. The average Bonchev–Trinajstić information content (AvgIpc) is 3.97. The summed E-state index contributed by atoms with van der Waals surface area (Å²) in [6.45, 7) is 0. The van der Waals surface area contributed by atoms with Gasteiger partial charge in [-0.05, 0) is 106 Å². The van der Waals surface area contributed by atoms with Gasteiger partial charge >= 0.3 is 0 Å². The van der Waals surface area contributed by atoms with Crippen molar-refractivity contribution in [3.05, 3.63) is 243 Å². The van der Waals surface area contributed by atoms with Crippen LogP contribution in [0.15, 0.2) is 247 Å². The molecule has 0 atom stereocenters. The van der Waals surface area contributed by atoms with Crippen molar-refractivity contribution in [3.8, 4) is 22.3 Å². The molecule has 66 heavy (non-hydrogen) atoms. The molecule has 0 N–H and O–H groups in total. The van der Waals surface area contributed by atoms with Gasteiger partial charge in [0.1, 0.15) is 5.58 Å². The Hall–Kier alpha value is -8.44. The monoisotopic (exact) mass is 860 g/mol. The Labute approximate surface area is 386 Å². The van der Waals surface area contributed by atoms with Gasteiger partial charge in [0.25, 0.3) is 0 Å². The third-order valence-corrected chi connectivity index (χ3v) is 14.2.